The predicted octanol–water partition coefficient (Wildman–Crippen LogP) is 5.20. The highest BCUT2D eigenvalue weighted by atomic mass is 35.5. The van der Waals surface area contributed by atoms with E-state index in [0.717, 1.165) is 35.6 Å². The second-order valence-electron chi connectivity index (χ2n) is 9.65. The van der Waals surface area contributed by atoms with Gasteiger partial charge >= 0.3 is 0 Å². The Morgan fingerprint density at radius 2 is 1.57 bits per heavy atom. The van der Waals surface area contributed by atoms with E-state index in [2.05, 4.69) is 82.0 Å². The second-order valence-corrected chi connectivity index (χ2v) is 10.1. The molecule has 1 saturated heterocycles. The highest BCUT2D eigenvalue weighted by Crippen LogP contribution is 2.34. The summed E-state index contributed by atoms with van der Waals surface area (Å²) in [6, 6.07) is 28.6. The number of carbonyl (C=O) groups is 1. The largest absolute Gasteiger partial charge is 0.360 e. The van der Waals surface area contributed by atoms with Crippen molar-refractivity contribution < 1.29 is 4.79 Å². The van der Waals surface area contributed by atoms with E-state index in [1.807, 2.05) is 41.3 Å². The van der Waals surface area contributed by atoms with Gasteiger partial charge in [-0.25, -0.2) is 0 Å². The Kier molecular flexibility index (Phi) is 6.56. The molecule has 3 aromatic rings. The monoisotopic (exact) mass is 508 g/mol. The lowest BCUT2D eigenvalue weighted by atomic mass is 10.0. The molecule has 0 aliphatic carbocycles. The maximum atomic E-state index is 13.1. The summed E-state index contributed by atoms with van der Waals surface area (Å²) in [7, 11) is 0. The fourth-order valence-corrected chi connectivity index (χ4v) is 5.31. The van der Waals surface area contributed by atoms with E-state index in [4.69, 9.17) is 11.6 Å². The molecular weight excluding hydrogens is 480 g/mol. The molecule has 6 heteroatoms. The Balaban J connectivity index is 1.26. The van der Waals surface area contributed by atoms with Gasteiger partial charge in [-0.2, -0.15) is 0 Å². The number of amides is 1. The summed E-state index contributed by atoms with van der Waals surface area (Å²) >= 11 is 6.19. The zero-order valence-electron chi connectivity index (χ0n) is 20.6. The third-order valence-corrected chi connectivity index (χ3v) is 7.41. The fraction of sp³-hybridized carbons (Fsp3) is 0.194. The average molecular weight is 509 g/mol. The summed E-state index contributed by atoms with van der Waals surface area (Å²) in [5.41, 5.74) is 6.84. The minimum absolute atomic E-state index is 0.0308. The Labute approximate surface area is 222 Å². The van der Waals surface area contributed by atoms with Crippen molar-refractivity contribution in [2.24, 2.45) is 0 Å². The van der Waals surface area contributed by atoms with Gasteiger partial charge in [-0.1, -0.05) is 90.5 Å². The van der Waals surface area contributed by atoms with Crippen LogP contribution in [0.5, 0.6) is 0 Å². The average Bonchev–Trinajstić information content (AvgIpc) is 3.29. The van der Waals surface area contributed by atoms with Crippen LogP contribution in [0.2, 0.25) is 5.02 Å². The van der Waals surface area contributed by atoms with Crippen LogP contribution in [0.4, 0.5) is 0 Å². The molecule has 0 radical (unpaired) electrons. The number of hydrogen-bond donors (Lipinski definition) is 1. The summed E-state index contributed by atoms with van der Waals surface area (Å²) in [6.07, 6.45) is 6.63. The molecule has 186 valence electrons. The molecule has 0 spiro atoms. The van der Waals surface area contributed by atoms with Gasteiger partial charge in [0.05, 0.1) is 17.9 Å². The zero-order chi connectivity index (χ0) is 25.2. The number of halogens is 1. The first kappa shape index (κ1) is 23.6. The highest BCUT2D eigenvalue weighted by Gasteiger charge is 2.34. The molecule has 3 heterocycles. The minimum Gasteiger partial charge on any atom is -0.360 e. The first-order valence-electron chi connectivity index (χ1n) is 12.7. The summed E-state index contributed by atoms with van der Waals surface area (Å²) < 4.78 is 0. The molecular formula is C31H29ClN4O. The first-order chi connectivity index (χ1) is 18.1. The van der Waals surface area contributed by atoms with E-state index in [1.165, 1.54) is 11.1 Å². The van der Waals surface area contributed by atoms with Crippen molar-refractivity contribution in [3.63, 3.8) is 0 Å². The summed E-state index contributed by atoms with van der Waals surface area (Å²) in [5.74, 6) is 0.172. The van der Waals surface area contributed by atoms with Gasteiger partial charge in [-0.15, -0.1) is 0 Å². The van der Waals surface area contributed by atoms with Crippen LogP contribution < -0.4 is 5.32 Å². The summed E-state index contributed by atoms with van der Waals surface area (Å²) in [4.78, 5) is 19.6. The Bertz CT molecular complexity index is 1370. The third-order valence-electron chi connectivity index (χ3n) is 7.16. The Hall–Kier alpha value is -3.80. The first-order valence-corrected chi connectivity index (χ1v) is 13.1. The van der Waals surface area contributed by atoms with E-state index < -0.39 is 0 Å². The van der Waals surface area contributed by atoms with Gasteiger partial charge in [0.25, 0.3) is 0 Å². The number of hydrogen-bond acceptors (Lipinski definition) is 4. The van der Waals surface area contributed by atoms with Crippen LogP contribution in [0.25, 0.3) is 11.3 Å². The Morgan fingerprint density at radius 1 is 0.838 bits per heavy atom. The van der Waals surface area contributed by atoms with E-state index in [1.54, 1.807) is 0 Å². The molecule has 1 atom stereocenters. The van der Waals surface area contributed by atoms with E-state index in [9.17, 15) is 4.79 Å². The van der Waals surface area contributed by atoms with Gasteiger partial charge in [0.2, 0.25) is 5.91 Å². The van der Waals surface area contributed by atoms with Crippen LogP contribution in [0.3, 0.4) is 0 Å². The van der Waals surface area contributed by atoms with Crippen molar-refractivity contribution in [2.75, 3.05) is 26.2 Å². The number of rotatable bonds is 6. The molecule has 0 aromatic heterocycles. The molecule has 5 nitrogen and oxygen atoms in total. The molecule has 1 unspecified atom stereocenters. The van der Waals surface area contributed by atoms with Crippen molar-refractivity contribution in [1.29, 1.82) is 0 Å². The quantitative estimate of drug-likeness (QED) is 0.497. The molecule has 1 fully saturated rings. The number of carbonyl (C=O) groups excluding carboxylic acids is 1. The normalized spacial score (nSPS) is 19.6. The fourth-order valence-electron chi connectivity index (χ4n) is 5.19. The van der Waals surface area contributed by atoms with Gasteiger partial charge in [-0.3, -0.25) is 9.69 Å². The predicted molar refractivity (Wildman–Crippen MR) is 149 cm³/mol. The number of nitrogens with one attached hydrogen (secondary N) is 1. The smallest absolute Gasteiger partial charge is 0.237 e. The van der Waals surface area contributed by atoms with Crippen molar-refractivity contribution in [3.05, 3.63) is 131 Å². The van der Waals surface area contributed by atoms with Crippen LogP contribution in [0.15, 0.2) is 109 Å². The molecule has 0 bridgehead atoms. The summed E-state index contributed by atoms with van der Waals surface area (Å²) in [6.45, 7) is 3.31. The van der Waals surface area contributed by atoms with E-state index in [0.29, 0.717) is 24.7 Å². The molecule has 3 aromatic carbocycles. The molecule has 1 N–H and O–H groups in total. The lowest BCUT2D eigenvalue weighted by Gasteiger charge is -2.36. The van der Waals surface area contributed by atoms with Gasteiger partial charge in [-0.05, 0) is 40.5 Å². The van der Waals surface area contributed by atoms with Gasteiger partial charge < -0.3 is 15.1 Å². The zero-order valence-corrected chi connectivity index (χ0v) is 21.3. The topological polar surface area (TPSA) is 38.8 Å². The standard InChI is InChI=1S/C31H29ClN4O/c32-27-14-11-25(12-15-27)31-28(36-20-26(13-16-29(36)33-31)24-9-5-2-6-10-24)21-34-17-18-35(30(37)22-34)19-23-7-3-1-4-8-23/h1-16,20,29,33H,17-19,21-22H2. The molecule has 37 heavy (non-hydrogen) atoms. The van der Waals surface area contributed by atoms with E-state index >= 15 is 0 Å². The molecule has 6 rings (SSSR count). The number of piperazine rings is 1. The van der Waals surface area contributed by atoms with Gasteiger partial charge in [0, 0.05) is 37.4 Å². The number of nitrogens with zero attached hydrogens (tertiary/aromatic N) is 3. The van der Waals surface area contributed by atoms with Crippen molar-refractivity contribution in [2.45, 2.75) is 12.7 Å². The third kappa shape index (κ3) is 5.06. The lowest BCUT2D eigenvalue weighted by Crippen LogP contribution is -2.50. The molecule has 1 amide bonds. The van der Waals surface area contributed by atoms with Crippen LogP contribution in [0.1, 0.15) is 16.7 Å². The number of fused-ring (bicyclic) bond motifs is 1. The van der Waals surface area contributed by atoms with Crippen LogP contribution in [-0.2, 0) is 11.3 Å². The maximum absolute atomic E-state index is 13.1. The second kappa shape index (κ2) is 10.3. The SMILES string of the molecule is O=C1CN(CC2=C(c3ccc(Cl)cc3)NC3C=CC(c4ccccc4)=CN23)CCN1Cc1ccccc1. The van der Waals surface area contributed by atoms with Gasteiger partial charge in [0.1, 0.15) is 6.17 Å². The highest BCUT2D eigenvalue weighted by molar-refractivity contribution is 6.30. The van der Waals surface area contributed by atoms with Crippen molar-refractivity contribution in [1.82, 2.24) is 20.0 Å². The van der Waals surface area contributed by atoms with Crippen LogP contribution in [-0.4, -0.2) is 53.0 Å². The van der Waals surface area contributed by atoms with Crippen molar-refractivity contribution >= 4 is 28.8 Å². The molecule has 3 aliphatic heterocycles. The molecule has 3 aliphatic rings. The minimum atomic E-state index is 0.0308. The number of allylic oxidation sites excluding steroid dienone is 2. The van der Waals surface area contributed by atoms with Crippen LogP contribution >= 0.6 is 11.6 Å². The van der Waals surface area contributed by atoms with E-state index in [-0.39, 0.29) is 12.1 Å². The lowest BCUT2D eigenvalue weighted by molar-refractivity contribution is -0.136. The maximum Gasteiger partial charge on any atom is 0.237 e. The number of benzene rings is 3. The Morgan fingerprint density at radius 3 is 2.30 bits per heavy atom. The molecule has 0 saturated carbocycles. The summed E-state index contributed by atoms with van der Waals surface area (Å²) in [5, 5.41) is 4.42. The van der Waals surface area contributed by atoms with Gasteiger partial charge in [0.15, 0.2) is 0 Å². The van der Waals surface area contributed by atoms with Crippen LogP contribution in [0, 0.1) is 0 Å². The van der Waals surface area contributed by atoms with Crippen molar-refractivity contribution in [3.8, 4) is 0 Å².